The van der Waals surface area contributed by atoms with Crippen molar-refractivity contribution in [1.29, 1.82) is 0 Å². The van der Waals surface area contributed by atoms with E-state index in [2.05, 4.69) is 25.3 Å². The molecule has 8 nitrogen and oxygen atoms in total. The van der Waals surface area contributed by atoms with Gasteiger partial charge in [-0.3, -0.25) is 0 Å². The molecule has 3 heterocycles. The Balaban J connectivity index is 0.00000259. The minimum Gasteiger partial charge on any atom is -0.391 e. The summed E-state index contributed by atoms with van der Waals surface area (Å²) in [5.41, 5.74) is 2.59. The summed E-state index contributed by atoms with van der Waals surface area (Å²) in [5, 5.41) is 24.0. The Bertz CT molecular complexity index is 1200. The minimum absolute atomic E-state index is 0. The molecule has 3 aromatic rings. The summed E-state index contributed by atoms with van der Waals surface area (Å²) >= 11 is 6.25. The van der Waals surface area contributed by atoms with Crippen LogP contribution in [-0.4, -0.2) is 53.5 Å². The van der Waals surface area contributed by atoms with Crippen LogP contribution >= 0.6 is 24.0 Å². The van der Waals surface area contributed by atoms with Crippen LogP contribution < -0.4 is 10.2 Å². The molecule has 2 atom stereocenters. The van der Waals surface area contributed by atoms with Crippen LogP contribution in [0.1, 0.15) is 11.1 Å². The molecule has 0 aliphatic carbocycles. The molecular formula is C23H23Cl2N5O3. The standard InChI is InChI=1S/C23H22ClN5O3.ClH/c1-13-3-4-14(7-18(13)24)9-26-22-17-8-15(25-2)5-6-16(17)23(28-27-22)29-10-19-20(11-29)32-21(12-30)31-19;/h3-8,19-21,30H,9-12H2,1H3,(H,26,27);1H. The first kappa shape index (κ1) is 23.5. The van der Waals surface area contributed by atoms with Gasteiger partial charge in [-0.2, -0.15) is 0 Å². The Hall–Kier alpha value is -2.67. The van der Waals surface area contributed by atoms with Crippen LogP contribution in [0, 0.1) is 13.5 Å². The van der Waals surface area contributed by atoms with E-state index in [1.54, 1.807) is 6.07 Å². The van der Waals surface area contributed by atoms with Gasteiger partial charge in [0.1, 0.15) is 12.2 Å². The number of halogens is 2. The van der Waals surface area contributed by atoms with Crippen LogP contribution in [0.2, 0.25) is 5.02 Å². The van der Waals surface area contributed by atoms with E-state index in [1.807, 2.05) is 37.3 Å². The zero-order valence-corrected chi connectivity index (χ0v) is 19.4. The Morgan fingerprint density at radius 3 is 2.58 bits per heavy atom. The Morgan fingerprint density at radius 1 is 1.15 bits per heavy atom. The van der Waals surface area contributed by atoms with Gasteiger partial charge in [0.15, 0.2) is 23.6 Å². The zero-order valence-electron chi connectivity index (χ0n) is 17.9. The lowest BCUT2D eigenvalue weighted by Crippen LogP contribution is -2.28. The van der Waals surface area contributed by atoms with Crippen LogP contribution in [0.3, 0.4) is 0 Å². The lowest BCUT2D eigenvalue weighted by atomic mass is 10.1. The van der Waals surface area contributed by atoms with E-state index in [0.717, 1.165) is 32.7 Å². The van der Waals surface area contributed by atoms with Gasteiger partial charge < -0.3 is 24.8 Å². The Labute approximate surface area is 202 Å². The molecule has 2 aliphatic rings. The van der Waals surface area contributed by atoms with Crippen LogP contribution in [0.25, 0.3) is 15.6 Å². The second-order valence-corrected chi connectivity index (χ2v) is 8.42. The Kier molecular flexibility index (Phi) is 6.88. The quantitative estimate of drug-likeness (QED) is 0.524. The number of anilines is 2. The molecule has 0 bridgehead atoms. The van der Waals surface area contributed by atoms with Crippen LogP contribution in [0.15, 0.2) is 36.4 Å². The normalized spacial score (nSPS) is 21.5. The fourth-order valence-electron chi connectivity index (χ4n) is 4.18. The van der Waals surface area contributed by atoms with Crippen LogP contribution in [0.4, 0.5) is 17.3 Å². The minimum atomic E-state index is -0.557. The van der Waals surface area contributed by atoms with Gasteiger partial charge in [-0.25, -0.2) is 4.85 Å². The summed E-state index contributed by atoms with van der Waals surface area (Å²) in [6, 6.07) is 11.5. The molecule has 0 spiro atoms. The van der Waals surface area contributed by atoms with Crippen molar-refractivity contribution in [3.05, 3.63) is 64.0 Å². The first-order chi connectivity index (χ1) is 15.6. The summed E-state index contributed by atoms with van der Waals surface area (Å²) in [6.07, 6.45) is -0.788. The highest BCUT2D eigenvalue weighted by Crippen LogP contribution is 2.36. The number of aliphatic hydroxyl groups excluding tert-OH is 1. The second-order valence-electron chi connectivity index (χ2n) is 8.02. The van der Waals surface area contributed by atoms with Crippen molar-refractivity contribution in [1.82, 2.24) is 10.2 Å². The zero-order chi connectivity index (χ0) is 22.2. The maximum absolute atomic E-state index is 9.26. The summed E-state index contributed by atoms with van der Waals surface area (Å²) in [6.45, 7) is 11.0. The summed E-state index contributed by atoms with van der Waals surface area (Å²) < 4.78 is 11.5. The van der Waals surface area contributed by atoms with Gasteiger partial charge in [0.25, 0.3) is 0 Å². The van der Waals surface area contributed by atoms with E-state index in [0.29, 0.717) is 31.1 Å². The molecule has 2 aromatic carbocycles. The molecule has 0 saturated carbocycles. The number of rotatable bonds is 5. The van der Waals surface area contributed by atoms with Crippen molar-refractivity contribution in [2.24, 2.45) is 0 Å². The third-order valence-electron chi connectivity index (χ3n) is 5.89. The largest absolute Gasteiger partial charge is 0.391 e. The SMILES string of the molecule is Cl.[C-]#[N+]c1ccc2c(N3CC4OC(CO)OC4C3)nnc(NCc3ccc(C)c(Cl)c3)c2c1. The highest BCUT2D eigenvalue weighted by molar-refractivity contribution is 6.31. The number of benzene rings is 2. The number of nitrogens with zero attached hydrogens (tertiary/aromatic N) is 4. The summed E-state index contributed by atoms with van der Waals surface area (Å²) in [5.74, 6) is 1.33. The number of hydrogen-bond acceptors (Lipinski definition) is 7. The van der Waals surface area contributed by atoms with Gasteiger partial charge in [0.05, 0.1) is 13.2 Å². The van der Waals surface area contributed by atoms with E-state index in [9.17, 15) is 5.11 Å². The number of nitrogens with one attached hydrogen (secondary N) is 1. The fourth-order valence-corrected chi connectivity index (χ4v) is 4.38. The first-order valence-electron chi connectivity index (χ1n) is 10.4. The van der Waals surface area contributed by atoms with Crippen molar-refractivity contribution in [3.8, 4) is 0 Å². The molecule has 0 amide bonds. The number of aliphatic hydroxyl groups is 1. The fraction of sp³-hybridized carbons (Fsp3) is 0.348. The van der Waals surface area contributed by atoms with Gasteiger partial charge in [-0.1, -0.05) is 35.9 Å². The van der Waals surface area contributed by atoms with E-state index >= 15 is 0 Å². The van der Waals surface area contributed by atoms with E-state index in [1.165, 1.54) is 0 Å². The molecule has 2 saturated heterocycles. The third-order valence-corrected chi connectivity index (χ3v) is 6.29. The molecule has 172 valence electrons. The van der Waals surface area contributed by atoms with Crippen molar-refractivity contribution >= 4 is 52.1 Å². The molecule has 33 heavy (non-hydrogen) atoms. The van der Waals surface area contributed by atoms with Gasteiger partial charge in [-0.15, -0.1) is 22.6 Å². The number of fused-ring (bicyclic) bond motifs is 2. The predicted molar refractivity (Wildman–Crippen MR) is 129 cm³/mol. The smallest absolute Gasteiger partial charge is 0.188 e. The van der Waals surface area contributed by atoms with Gasteiger partial charge in [-0.05, 0) is 30.2 Å². The number of ether oxygens (including phenoxy) is 2. The molecule has 5 rings (SSSR count). The second kappa shape index (κ2) is 9.67. The van der Waals surface area contributed by atoms with Gasteiger partial charge >= 0.3 is 0 Å². The average Bonchev–Trinajstić information content (AvgIpc) is 3.38. The van der Waals surface area contributed by atoms with E-state index in [4.69, 9.17) is 27.6 Å². The Morgan fingerprint density at radius 2 is 1.91 bits per heavy atom. The third kappa shape index (κ3) is 4.56. The monoisotopic (exact) mass is 487 g/mol. The van der Waals surface area contributed by atoms with E-state index < -0.39 is 6.29 Å². The molecule has 2 unspecified atom stereocenters. The van der Waals surface area contributed by atoms with Crippen molar-refractivity contribution < 1.29 is 14.6 Å². The first-order valence-corrected chi connectivity index (χ1v) is 10.8. The lowest BCUT2D eigenvalue weighted by molar-refractivity contribution is -0.0967. The van der Waals surface area contributed by atoms with E-state index in [-0.39, 0.29) is 31.2 Å². The highest BCUT2D eigenvalue weighted by Gasteiger charge is 2.43. The highest BCUT2D eigenvalue weighted by atomic mass is 35.5. The van der Waals surface area contributed by atoms with Crippen molar-refractivity contribution in [3.63, 3.8) is 0 Å². The van der Waals surface area contributed by atoms with Crippen molar-refractivity contribution in [2.45, 2.75) is 32.0 Å². The van der Waals surface area contributed by atoms with Crippen LogP contribution in [0.5, 0.6) is 0 Å². The van der Waals surface area contributed by atoms with Gasteiger partial charge in [0, 0.05) is 35.4 Å². The van der Waals surface area contributed by atoms with Crippen molar-refractivity contribution in [2.75, 3.05) is 29.9 Å². The molecule has 2 N–H and O–H groups in total. The molecule has 0 radical (unpaired) electrons. The predicted octanol–water partition coefficient (Wildman–Crippen LogP) is 4.10. The maximum atomic E-state index is 9.26. The molecular weight excluding hydrogens is 465 g/mol. The lowest BCUT2D eigenvalue weighted by Gasteiger charge is -2.21. The summed E-state index contributed by atoms with van der Waals surface area (Å²) in [7, 11) is 0. The number of aryl methyl sites for hydroxylation is 1. The molecule has 10 heteroatoms. The molecule has 2 fully saturated rings. The average molecular weight is 488 g/mol. The van der Waals surface area contributed by atoms with Crippen LogP contribution in [-0.2, 0) is 16.0 Å². The number of aromatic nitrogens is 2. The topological polar surface area (TPSA) is 84.1 Å². The molecule has 1 aromatic heterocycles. The number of hydrogen-bond donors (Lipinski definition) is 2. The maximum Gasteiger partial charge on any atom is 0.188 e. The summed E-state index contributed by atoms with van der Waals surface area (Å²) in [4.78, 5) is 5.65. The van der Waals surface area contributed by atoms with Gasteiger partial charge in [0.2, 0.25) is 0 Å². The molecule has 2 aliphatic heterocycles.